The summed E-state index contributed by atoms with van der Waals surface area (Å²) in [6.45, 7) is 5.54. The number of anilines is 1. The molecule has 3 aliphatic rings. The highest BCUT2D eigenvalue weighted by Gasteiger charge is 2.40. The molecule has 1 N–H and O–H groups in total. The Kier molecular flexibility index (Phi) is 7.30. The Morgan fingerprint density at radius 3 is 2.33 bits per heavy atom. The van der Waals surface area contributed by atoms with E-state index in [1.165, 1.54) is 56.4 Å². The van der Waals surface area contributed by atoms with Gasteiger partial charge in [0.2, 0.25) is 0 Å². The van der Waals surface area contributed by atoms with E-state index in [2.05, 4.69) is 46.2 Å². The summed E-state index contributed by atoms with van der Waals surface area (Å²) in [4.78, 5) is 5.20. The molecule has 178 valence electrons. The van der Waals surface area contributed by atoms with Crippen LogP contribution in [0, 0.1) is 0 Å². The molecule has 0 bridgehead atoms. The van der Waals surface area contributed by atoms with E-state index in [4.69, 9.17) is 11.6 Å². The van der Waals surface area contributed by atoms with Gasteiger partial charge in [0.1, 0.15) is 0 Å². The van der Waals surface area contributed by atoms with Gasteiger partial charge >= 0.3 is 0 Å². The van der Waals surface area contributed by atoms with Crippen LogP contribution in [0.5, 0.6) is 0 Å². The van der Waals surface area contributed by atoms with Crippen LogP contribution in [0.4, 0.5) is 5.69 Å². The summed E-state index contributed by atoms with van der Waals surface area (Å²) in [6, 6.07) is 17.4. The lowest BCUT2D eigenvalue weighted by molar-refractivity contribution is -0.0325. The van der Waals surface area contributed by atoms with Crippen LogP contribution in [0.2, 0.25) is 5.02 Å². The van der Waals surface area contributed by atoms with E-state index in [9.17, 15) is 5.11 Å². The predicted molar refractivity (Wildman–Crippen MR) is 139 cm³/mol. The first-order chi connectivity index (χ1) is 16.1. The van der Waals surface area contributed by atoms with Crippen molar-refractivity contribution in [3.05, 3.63) is 64.7 Å². The predicted octanol–water partition coefficient (Wildman–Crippen LogP) is 6.60. The molecule has 3 fully saturated rings. The normalized spacial score (nSPS) is 23.0. The minimum Gasteiger partial charge on any atom is -0.389 e. The van der Waals surface area contributed by atoms with Gasteiger partial charge in [-0.2, -0.15) is 0 Å². The molecular formula is C29H39ClN2O. The number of hydrogen-bond donors (Lipinski definition) is 1. The zero-order valence-corrected chi connectivity index (χ0v) is 20.6. The van der Waals surface area contributed by atoms with Crippen molar-refractivity contribution in [2.45, 2.75) is 75.2 Å². The van der Waals surface area contributed by atoms with E-state index >= 15 is 0 Å². The summed E-state index contributed by atoms with van der Waals surface area (Å²) in [5.41, 5.74) is 3.62. The molecule has 1 unspecified atom stereocenters. The molecule has 1 aliphatic carbocycles. The first-order valence-corrected chi connectivity index (χ1v) is 13.5. The number of rotatable bonds is 6. The highest BCUT2D eigenvalue weighted by molar-refractivity contribution is 6.30. The molecular weight excluding hydrogens is 428 g/mol. The fraction of sp³-hybridized carbons (Fsp3) is 0.586. The zero-order valence-electron chi connectivity index (χ0n) is 19.9. The molecule has 0 amide bonds. The summed E-state index contributed by atoms with van der Waals surface area (Å²) in [5, 5.41) is 12.5. The molecule has 1 saturated carbocycles. The second kappa shape index (κ2) is 10.4. The fourth-order valence-corrected chi connectivity index (χ4v) is 6.78. The van der Waals surface area contributed by atoms with Crippen molar-refractivity contribution in [3.63, 3.8) is 0 Å². The molecule has 0 aromatic heterocycles. The summed E-state index contributed by atoms with van der Waals surface area (Å²) in [5.74, 6) is 0.769. The molecule has 0 spiro atoms. The van der Waals surface area contributed by atoms with E-state index < -0.39 is 5.60 Å². The highest BCUT2D eigenvalue weighted by atomic mass is 35.5. The topological polar surface area (TPSA) is 26.7 Å². The first kappa shape index (κ1) is 23.2. The van der Waals surface area contributed by atoms with Gasteiger partial charge in [0.05, 0.1) is 5.60 Å². The molecule has 33 heavy (non-hydrogen) atoms. The SMILES string of the molecule is OC1(C(CN2CCC(c3ccccc3N3CCCC3)CC2)c2cccc(Cl)c2)CCCCC1. The zero-order chi connectivity index (χ0) is 22.7. The van der Waals surface area contributed by atoms with E-state index in [1.807, 2.05) is 12.1 Å². The fourth-order valence-electron chi connectivity index (χ4n) is 6.58. The van der Waals surface area contributed by atoms with Crippen LogP contribution in [0.25, 0.3) is 0 Å². The lowest BCUT2D eigenvalue weighted by Gasteiger charge is -2.43. The van der Waals surface area contributed by atoms with Crippen LogP contribution in [0.1, 0.15) is 80.8 Å². The summed E-state index contributed by atoms with van der Waals surface area (Å²) < 4.78 is 0. The number of aliphatic hydroxyl groups is 1. The number of nitrogens with zero attached hydrogens (tertiary/aromatic N) is 2. The van der Waals surface area contributed by atoms with Gasteiger partial charge in [-0.1, -0.05) is 61.2 Å². The highest BCUT2D eigenvalue weighted by Crippen LogP contribution is 2.42. The van der Waals surface area contributed by atoms with Crippen molar-refractivity contribution < 1.29 is 5.11 Å². The Morgan fingerprint density at radius 2 is 1.61 bits per heavy atom. The van der Waals surface area contributed by atoms with Gasteiger partial charge in [0, 0.05) is 36.3 Å². The van der Waals surface area contributed by atoms with Crippen molar-refractivity contribution in [1.29, 1.82) is 0 Å². The summed E-state index contributed by atoms with van der Waals surface area (Å²) in [7, 11) is 0. The molecule has 2 aromatic carbocycles. The Labute approximate surface area is 204 Å². The van der Waals surface area contributed by atoms with Crippen LogP contribution >= 0.6 is 11.6 Å². The van der Waals surface area contributed by atoms with Crippen LogP contribution in [-0.2, 0) is 0 Å². The number of hydrogen-bond acceptors (Lipinski definition) is 3. The molecule has 5 rings (SSSR count). The van der Waals surface area contributed by atoms with Crippen LogP contribution in [0.15, 0.2) is 48.5 Å². The smallest absolute Gasteiger partial charge is 0.0728 e. The lowest BCUT2D eigenvalue weighted by atomic mass is 9.72. The quantitative estimate of drug-likeness (QED) is 0.519. The summed E-state index contributed by atoms with van der Waals surface area (Å²) in [6.07, 6.45) is 10.4. The second-order valence-corrected chi connectivity index (χ2v) is 11.0. The van der Waals surface area contributed by atoms with E-state index in [0.29, 0.717) is 5.92 Å². The third-order valence-corrected chi connectivity index (χ3v) is 8.71. The maximum atomic E-state index is 11.7. The van der Waals surface area contributed by atoms with Crippen molar-refractivity contribution >= 4 is 17.3 Å². The second-order valence-electron chi connectivity index (χ2n) is 10.6. The molecule has 0 radical (unpaired) electrons. The van der Waals surface area contributed by atoms with Gasteiger partial charge in [-0.25, -0.2) is 0 Å². The average molecular weight is 467 g/mol. The third-order valence-electron chi connectivity index (χ3n) is 8.47. The maximum absolute atomic E-state index is 11.7. The molecule has 2 saturated heterocycles. The van der Waals surface area contributed by atoms with Gasteiger partial charge in [0.15, 0.2) is 0 Å². The average Bonchev–Trinajstić information content (AvgIpc) is 3.38. The van der Waals surface area contributed by atoms with Gasteiger partial charge in [-0.3, -0.25) is 0 Å². The largest absolute Gasteiger partial charge is 0.389 e. The Bertz CT molecular complexity index is 911. The minimum atomic E-state index is -0.609. The van der Waals surface area contributed by atoms with Crippen molar-refractivity contribution in [1.82, 2.24) is 4.90 Å². The van der Waals surface area contributed by atoms with Crippen molar-refractivity contribution in [2.24, 2.45) is 0 Å². The van der Waals surface area contributed by atoms with Gasteiger partial charge in [-0.15, -0.1) is 0 Å². The molecule has 3 nitrogen and oxygen atoms in total. The van der Waals surface area contributed by atoms with E-state index in [-0.39, 0.29) is 5.92 Å². The van der Waals surface area contributed by atoms with Crippen LogP contribution < -0.4 is 4.90 Å². The van der Waals surface area contributed by atoms with Crippen molar-refractivity contribution in [2.75, 3.05) is 37.6 Å². The summed E-state index contributed by atoms with van der Waals surface area (Å²) >= 11 is 6.37. The number of halogens is 1. The number of benzene rings is 2. The standard InChI is InChI=1S/C29H39ClN2O/c30-25-10-8-9-24(21-25)27(29(33)15-4-1-5-16-29)22-31-19-13-23(14-20-31)26-11-2-3-12-28(26)32-17-6-7-18-32/h2-3,8-12,21,23,27,33H,1,4-7,13-20,22H2. The Hall–Kier alpha value is -1.55. The maximum Gasteiger partial charge on any atom is 0.0728 e. The number of piperidine rings is 1. The number of likely N-dealkylation sites (tertiary alicyclic amines) is 1. The van der Waals surface area contributed by atoms with Crippen molar-refractivity contribution in [3.8, 4) is 0 Å². The van der Waals surface area contributed by atoms with Gasteiger partial charge < -0.3 is 14.9 Å². The minimum absolute atomic E-state index is 0.130. The first-order valence-electron chi connectivity index (χ1n) is 13.2. The van der Waals surface area contributed by atoms with E-state index in [1.54, 1.807) is 5.56 Å². The van der Waals surface area contributed by atoms with Gasteiger partial charge in [-0.05, 0) is 86.9 Å². The monoisotopic (exact) mass is 466 g/mol. The Morgan fingerprint density at radius 1 is 0.879 bits per heavy atom. The van der Waals surface area contributed by atoms with Crippen LogP contribution in [0.3, 0.4) is 0 Å². The van der Waals surface area contributed by atoms with Gasteiger partial charge in [0.25, 0.3) is 0 Å². The molecule has 2 heterocycles. The molecule has 2 aliphatic heterocycles. The van der Waals surface area contributed by atoms with E-state index in [0.717, 1.165) is 50.3 Å². The number of para-hydroxylation sites is 1. The molecule has 1 atom stereocenters. The van der Waals surface area contributed by atoms with Crippen LogP contribution in [-0.4, -0.2) is 48.3 Å². The lowest BCUT2D eigenvalue weighted by Crippen LogP contribution is -2.46. The third kappa shape index (κ3) is 5.26. The molecule has 4 heteroatoms. The molecule has 2 aromatic rings. The Balaban J connectivity index is 1.29.